The molecule has 94 valence electrons. The number of hydrogen-bond donors (Lipinski definition) is 1. The monoisotopic (exact) mass is 298 g/mol. The highest BCUT2D eigenvalue weighted by molar-refractivity contribution is 9.10. The summed E-state index contributed by atoms with van der Waals surface area (Å²) in [5.41, 5.74) is 8.24. The van der Waals surface area contributed by atoms with Crippen LogP contribution in [-0.2, 0) is 11.3 Å². The molecule has 2 rings (SSSR count). The van der Waals surface area contributed by atoms with E-state index in [0.29, 0.717) is 6.54 Å². The summed E-state index contributed by atoms with van der Waals surface area (Å²) in [4.78, 5) is 2.39. The molecule has 1 aliphatic heterocycles. The van der Waals surface area contributed by atoms with Gasteiger partial charge in [0, 0.05) is 23.2 Å². The molecule has 0 saturated carbocycles. The highest BCUT2D eigenvalue weighted by Crippen LogP contribution is 2.32. The van der Waals surface area contributed by atoms with Gasteiger partial charge in [-0.05, 0) is 31.5 Å². The van der Waals surface area contributed by atoms with Gasteiger partial charge < -0.3 is 15.4 Å². The van der Waals surface area contributed by atoms with Crippen molar-refractivity contribution in [2.24, 2.45) is 5.73 Å². The van der Waals surface area contributed by atoms with E-state index < -0.39 is 0 Å². The topological polar surface area (TPSA) is 38.5 Å². The van der Waals surface area contributed by atoms with E-state index in [1.54, 1.807) is 0 Å². The summed E-state index contributed by atoms with van der Waals surface area (Å²) >= 11 is 3.53. The number of nitrogens with two attached hydrogens (primary N) is 1. The molecule has 0 spiro atoms. The molecule has 1 saturated heterocycles. The van der Waals surface area contributed by atoms with Crippen LogP contribution in [0.5, 0.6) is 0 Å². The third-order valence-corrected chi connectivity index (χ3v) is 3.70. The van der Waals surface area contributed by atoms with Crippen LogP contribution in [0.1, 0.15) is 19.4 Å². The number of ether oxygens (including phenoxy) is 1. The molecule has 1 fully saturated rings. The van der Waals surface area contributed by atoms with Gasteiger partial charge in [0.2, 0.25) is 0 Å². The van der Waals surface area contributed by atoms with Crippen molar-refractivity contribution in [3.63, 3.8) is 0 Å². The number of hydrogen-bond acceptors (Lipinski definition) is 3. The lowest BCUT2D eigenvalue weighted by atomic mass is 9.99. The number of nitrogens with zero attached hydrogens (tertiary/aromatic N) is 1. The van der Waals surface area contributed by atoms with Gasteiger partial charge >= 0.3 is 0 Å². The molecule has 0 aromatic heterocycles. The van der Waals surface area contributed by atoms with E-state index in [1.807, 2.05) is 6.07 Å². The Morgan fingerprint density at radius 2 is 2.24 bits per heavy atom. The smallest absolute Gasteiger partial charge is 0.0694 e. The number of halogens is 1. The second kappa shape index (κ2) is 4.96. The number of benzene rings is 1. The quantitative estimate of drug-likeness (QED) is 0.912. The predicted octanol–water partition coefficient (Wildman–Crippen LogP) is 2.52. The van der Waals surface area contributed by atoms with Crippen molar-refractivity contribution in [3.05, 3.63) is 28.2 Å². The van der Waals surface area contributed by atoms with Gasteiger partial charge in [-0.25, -0.2) is 0 Å². The average Bonchev–Trinajstić information content (AvgIpc) is 2.28. The van der Waals surface area contributed by atoms with Crippen molar-refractivity contribution in [2.75, 3.05) is 24.7 Å². The SMILES string of the molecule is CC1(C)COCCN1c1cc(Br)ccc1CN. The van der Waals surface area contributed by atoms with Crippen LogP contribution in [0.3, 0.4) is 0 Å². The maximum Gasteiger partial charge on any atom is 0.0694 e. The van der Waals surface area contributed by atoms with Crippen LogP contribution in [0, 0.1) is 0 Å². The van der Waals surface area contributed by atoms with Gasteiger partial charge in [0.15, 0.2) is 0 Å². The summed E-state index contributed by atoms with van der Waals surface area (Å²) in [5.74, 6) is 0. The zero-order chi connectivity index (χ0) is 12.5. The van der Waals surface area contributed by atoms with E-state index in [0.717, 1.165) is 24.2 Å². The zero-order valence-electron chi connectivity index (χ0n) is 10.4. The van der Waals surface area contributed by atoms with Gasteiger partial charge in [-0.1, -0.05) is 22.0 Å². The van der Waals surface area contributed by atoms with Gasteiger partial charge in [0.1, 0.15) is 0 Å². The second-order valence-electron chi connectivity index (χ2n) is 4.99. The van der Waals surface area contributed by atoms with Crippen molar-refractivity contribution in [3.8, 4) is 0 Å². The van der Waals surface area contributed by atoms with Crippen LogP contribution in [0.15, 0.2) is 22.7 Å². The summed E-state index contributed by atoms with van der Waals surface area (Å²) in [7, 11) is 0. The van der Waals surface area contributed by atoms with Crippen LogP contribution >= 0.6 is 15.9 Å². The Morgan fingerprint density at radius 3 is 2.88 bits per heavy atom. The molecule has 0 bridgehead atoms. The summed E-state index contributed by atoms with van der Waals surface area (Å²) in [5, 5.41) is 0. The molecule has 0 amide bonds. The lowest BCUT2D eigenvalue weighted by Gasteiger charge is -2.44. The van der Waals surface area contributed by atoms with Crippen LogP contribution in [0.25, 0.3) is 0 Å². The number of anilines is 1. The lowest BCUT2D eigenvalue weighted by Crippen LogP contribution is -2.53. The molecule has 1 aromatic carbocycles. The first-order chi connectivity index (χ1) is 8.04. The van der Waals surface area contributed by atoms with Crippen LogP contribution in [-0.4, -0.2) is 25.3 Å². The maximum absolute atomic E-state index is 5.82. The molecule has 1 heterocycles. The molecule has 1 aromatic rings. The molecule has 1 aliphatic rings. The Balaban J connectivity index is 2.40. The first-order valence-electron chi connectivity index (χ1n) is 5.88. The van der Waals surface area contributed by atoms with Crippen LogP contribution < -0.4 is 10.6 Å². The molecular formula is C13H19BrN2O. The van der Waals surface area contributed by atoms with E-state index >= 15 is 0 Å². The fourth-order valence-corrected chi connectivity index (χ4v) is 2.61. The summed E-state index contributed by atoms with van der Waals surface area (Å²) in [6.07, 6.45) is 0. The first kappa shape index (κ1) is 12.9. The van der Waals surface area contributed by atoms with E-state index in [4.69, 9.17) is 10.5 Å². The summed E-state index contributed by atoms with van der Waals surface area (Å²) < 4.78 is 6.65. The Hall–Kier alpha value is -0.580. The second-order valence-corrected chi connectivity index (χ2v) is 5.91. The largest absolute Gasteiger partial charge is 0.377 e. The minimum atomic E-state index is 0.0168. The Labute approximate surface area is 111 Å². The minimum absolute atomic E-state index is 0.0168. The fraction of sp³-hybridized carbons (Fsp3) is 0.538. The molecular weight excluding hydrogens is 280 g/mol. The van der Waals surface area contributed by atoms with E-state index in [9.17, 15) is 0 Å². The first-order valence-corrected chi connectivity index (χ1v) is 6.68. The van der Waals surface area contributed by atoms with Gasteiger partial charge in [-0.15, -0.1) is 0 Å². The molecule has 3 nitrogen and oxygen atoms in total. The van der Waals surface area contributed by atoms with Crippen molar-refractivity contribution in [1.29, 1.82) is 0 Å². The average molecular weight is 299 g/mol. The van der Waals surface area contributed by atoms with E-state index in [-0.39, 0.29) is 5.54 Å². The van der Waals surface area contributed by atoms with E-state index in [2.05, 4.69) is 46.8 Å². The molecule has 0 atom stereocenters. The highest BCUT2D eigenvalue weighted by Gasteiger charge is 2.31. The van der Waals surface area contributed by atoms with E-state index in [1.165, 1.54) is 11.3 Å². The van der Waals surface area contributed by atoms with Crippen molar-refractivity contribution < 1.29 is 4.74 Å². The summed E-state index contributed by atoms with van der Waals surface area (Å²) in [6.45, 7) is 7.41. The summed E-state index contributed by atoms with van der Waals surface area (Å²) in [6, 6.07) is 6.28. The Bertz CT molecular complexity index is 406. The Morgan fingerprint density at radius 1 is 1.47 bits per heavy atom. The van der Waals surface area contributed by atoms with Gasteiger partial charge in [0.05, 0.1) is 18.8 Å². The third kappa shape index (κ3) is 2.64. The molecule has 4 heteroatoms. The Kier molecular flexibility index (Phi) is 3.76. The number of morpholine rings is 1. The molecule has 0 unspecified atom stereocenters. The van der Waals surface area contributed by atoms with Crippen molar-refractivity contribution >= 4 is 21.6 Å². The standard InChI is InChI=1S/C13H19BrN2O/c1-13(2)9-17-6-5-16(13)12-7-11(14)4-3-10(12)8-15/h3-4,7H,5-6,8-9,15H2,1-2H3. The normalized spacial score (nSPS) is 19.4. The molecule has 17 heavy (non-hydrogen) atoms. The lowest BCUT2D eigenvalue weighted by molar-refractivity contribution is 0.0643. The van der Waals surface area contributed by atoms with Gasteiger partial charge in [-0.3, -0.25) is 0 Å². The third-order valence-electron chi connectivity index (χ3n) is 3.20. The minimum Gasteiger partial charge on any atom is -0.377 e. The van der Waals surface area contributed by atoms with Crippen molar-refractivity contribution in [1.82, 2.24) is 0 Å². The highest BCUT2D eigenvalue weighted by atomic mass is 79.9. The molecule has 0 radical (unpaired) electrons. The molecule has 0 aliphatic carbocycles. The van der Waals surface area contributed by atoms with Gasteiger partial charge in [0.25, 0.3) is 0 Å². The number of rotatable bonds is 2. The zero-order valence-corrected chi connectivity index (χ0v) is 12.0. The fourth-order valence-electron chi connectivity index (χ4n) is 2.27. The van der Waals surface area contributed by atoms with Crippen LogP contribution in [0.2, 0.25) is 0 Å². The van der Waals surface area contributed by atoms with Gasteiger partial charge in [-0.2, -0.15) is 0 Å². The predicted molar refractivity (Wildman–Crippen MR) is 74.3 cm³/mol. The maximum atomic E-state index is 5.82. The molecule has 2 N–H and O–H groups in total. The van der Waals surface area contributed by atoms with Crippen molar-refractivity contribution in [2.45, 2.75) is 25.9 Å². The van der Waals surface area contributed by atoms with Crippen LogP contribution in [0.4, 0.5) is 5.69 Å².